The van der Waals surface area contributed by atoms with E-state index in [4.69, 9.17) is 4.74 Å². The van der Waals surface area contributed by atoms with Gasteiger partial charge < -0.3 is 9.47 Å². The average Bonchev–Trinajstić information content (AvgIpc) is 3.10. The van der Waals surface area contributed by atoms with E-state index in [9.17, 15) is 18.0 Å². The predicted octanol–water partition coefficient (Wildman–Crippen LogP) is 5.45. The van der Waals surface area contributed by atoms with Crippen LogP contribution in [0.1, 0.15) is 20.8 Å². The molecule has 0 aliphatic heterocycles. The molecule has 0 N–H and O–H groups in total. The second-order valence-electron chi connectivity index (χ2n) is 5.44. The molecule has 0 amide bonds. The second kappa shape index (κ2) is 7.81. The summed E-state index contributed by atoms with van der Waals surface area (Å²) in [5.74, 6) is -0.287. The van der Waals surface area contributed by atoms with Crippen LogP contribution >= 0.6 is 11.3 Å². The SMILES string of the molecule is C=Cc1sc(Oc2ccc(C(F)(F)F)cc2)nc1-c1ccc(C(=O)OC)cn1. The van der Waals surface area contributed by atoms with E-state index >= 15 is 0 Å². The molecule has 3 rings (SSSR count). The molecule has 0 fully saturated rings. The molecule has 1 aromatic carbocycles. The zero-order valence-electron chi connectivity index (χ0n) is 14.5. The summed E-state index contributed by atoms with van der Waals surface area (Å²) in [5.41, 5.74) is 0.503. The fourth-order valence-corrected chi connectivity index (χ4v) is 3.06. The number of ether oxygens (including phenoxy) is 2. The van der Waals surface area contributed by atoms with Gasteiger partial charge in [-0.1, -0.05) is 17.9 Å². The van der Waals surface area contributed by atoms with Crippen molar-refractivity contribution < 1.29 is 27.4 Å². The highest BCUT2D eigenvalue weighted by atomic mass is 32.1. The van der Waals surface area contributed by atoms with Gasteiger partial charge in [-0.15, -0.1) is 0 Å². The highest BCUT2D eigenvalue weighted by Crippen LogP contribution is 2.36. The fourth-order valence-electron chi connectivity index (χ4n) is 2.26. The number of methoxy groups -OCH3 is 1. The zero-order chi connectivity index (χ0) is 20.3. The smallest absolute Gasteiger partial charge is 0.416 e. The first-order chi connectivity index (χ1) is 13.3. The van der Waals surface area contributed by atoms with Crippen LogP contribution in [0.4, 0.5) is 13.2 Å². The monoisotopic (exact) mass is 406 g/mol. The lowest BCUT2D eigenvalue weighted by atomic mass is 10.2. The molecule has 3 aromatic rings. The van der Waals surface area contributed by atoms with Crippen LogP contribution in [0.5, 0.6) is 10.9 Å². The van der Waals surface area contributed by atoms with Gasteiger partial charge in [-0.2, -0.15) is 13.2 Å². The van der Waals surface area contributed by atoms with Crippen molar-refractivity contribution in [2.75, 3.05) is 7.11 Å². The first-order valence-corrected chi connectivity index (χ1v) is 8.66. The van der Waals surface area contributed by atoms with E-state index in [0.29, 0.717) is 21.8 Å². The van der Waals surface area contributed by atoms with Crippen LogP contribution < -0.4 is 4.74 Å². The third kappa shape index (κ3) is 4.20. The number of hydrogen-bond acceptors (Lipinski definition) is 6. The maximum Gasteiger partial charge on any atom is 0.416 e. The molecule has 0 atom stereocenters. The normalized spacial score (nSPS) is 11.1. The Balaban J connectivity index is 1.84. The van der Waals surface area contributed by atoms with Gasteiger partial charge in [0, 0.05) is 6.20 Å². The standard InChI is InChI=1S/C19H13F3N2O3S/c1-3-15-16(14-9-4-11(10-23-14)17(25)26-2)24-18(28-15)27-13-7-5-12(6-8-13)19(20,21)22/h3-10H,1H2,2H3. The Morgan fingerprint density at radius 3 is 2.43 bits per heavy atom. The number of carbonyl (C=O) groups excluding carboxylic acids is 1. The van der Waals surface area contributed by atoms with E-state index in [2.05, 4.69) is 21.3 Å². The Bertz CT molecular complexity index is 997. The van der Waals surface area contributed by atoms with E-state index in [1.54, 1.807) is 18.2 Å². The van der Waals surface area contributed by atoms with Crippen LogP contribution in [0.3, 0.4) is 0 Å². The van der Waals surface area contributed by atoms with Gasteiger partial charge >= 0.3 is 12.1 Å². The Morgan fingerprint density at radius 2 is 1.89 bits per heavy atom. The minimum Gasteiger partial charge on any atom is -0.465 e. The molecule has 0 bridgehead atoms. The number of rotatable bonds is 5. The Morgan fingerprint density at radius 1 is 1.18 bits per heavy atom. The summed E-state index contributed by atoms with van der Waals surface area (Å²) in [4.78, 5) is 20.7. The first-order valence-electron chi connectivity index (χ1n) is 7.85. The van der Waals surface area contributed by atoms with Gasteiger partial charge in [0.15, 0.2) is 0 Å². The third-order valence-electron chi connectivity index (χ3n) is 3.63. The molecule has 0 spiro atoms. The molecule has 9 heteroatoms. The molecular formula is C19H13F3N2O3S. The second-order valence-corrected chi connectivity index (χ2v) is 6.44. The molecule has 2 heterocycles. The molecule has 0 radical (unpaired) electrons. The number of carbonyl (C=O) groups is 1. The van der Waals surface area contributed by atoms with E-state index in [-0.39, 0.29) is 10.9 Å². The number of thiazole rings is 1. The Kier molecular flexibility index (Phi) is 5.46. The molecule has 0 aliphatic carbocycles. The van der Waals surface area contributed by atoms with Crippen molar-refractivity contribution >= 4 is 23.4 Å². The maximum absolute atomic E-state index is 12.6. The highest BCUT2D eigenvalue weighted by Gasteiger charge is 2.30. The average molecular weight is 406 g/mol. The van der Waals surface area contributed by atoms with Crippen molar-refractivity contribution in [2.45, 2.75) is 6.18 Å². The summed E-state index contributed by atoms with van der Waals surface area (Å²) in [5, 5.41) is 0.225. The van der Waals surface area contributed by atoms with Crippen LogP contribution in [-0.4, -0.2) is 23.0 Å². The first kappa shape index (κ1) is 19.6. The van der Waals surface area contributed by atoms with Gasteiger partial charge in [0.25, 0.3) is 5.19 Å². The minimum atomic E-state index is -4.41. The number of halogens is 3. The van der Waals surface area contributed by atoms with Gasteiger partial charge in [-0.25, -0.2) is 9.78 Å². The molecule has 0 saturated carbocycles. The van der Waals surface area contributed by atoms with Crippen molar-refractivity contribution in [2.24, 2.45) is 0 Å². The number of pyridine rings is 1. The maximum atomic E-state index is 12.6. The topological polar surface area (TPSA) is 61.3 Å². The largest absolute Gasteiger partial charge is 0.465 e. The quantitative estimate of drug-likeness (QED) is 0.528. The van der Waals surface area contributed by atoms with Crippen molar-refractivity contribution in [3.05, 3.63) is 65.2 Å². The van der Waals surface area contributed by atoms with Gasteiger partial charge in [0.05, 0.1) is 28.8 Å². The van der Waals surface area contributed by atoms with E-state index in [1.807, 2.05) is 0 Å². The van der Waals surface area contributed by atoms with Crippen LogP contribution in [0.2, 0.25) is 0 Å². The molecule has 2 aromatic heterocycles. The molecule has 5 nitrogen and oxygen atoms in total. The summed E-state index contributed by atoms with van der Waals surface area (Å²) < 4.78 is 48.1. The predicted molar refractivity (Wildman–Crippen MR) is 98.3 cm³/mol. The highest BCUT2D eigenvalue weighted by molar-refractivity contribution is 7.14. The minimum absolute atomic E-state index is 0.220. The molecular weight excluding hydrogens is 393 g/mol. The summed E-state index contributed by atoms with van der Waals surface area (Å²) in [6.45, 7) is 3.72. The Hall–Kier alpha value is -3.20. The van der Waals surface area contributed by atoms with Gasteiger partial charge in [0.1, 0.15) is 11.4 Å². The lowest BCUT2D eigenvalue weighted by Gasteiger charge is -2.07. The van der Waals surface area contributed by atoms with Crippen molar-refractivity contribution in [1.29, 1.82) is 0 Å². The fraction of sp³-hybridized carbons (Fsp3) is 0.105. The van der Waals surface area contributed by atoms with E-state index < -0.39 is 17.7 Å². The van der Waals surface area contributed by atoms with Crippen LogP contribution in [0.15, 0.2) is 49.2 Å². The van der Waals surface area contributed by atoms with Gasteiger partial charge in [-0.3, -0.25) is 4.98 Å². The third-order valence-corrected chi connectivity index (χ3v) is 4.56. The van der Waals surface area contributed by atoms with Crippen LogP contribution in [-0.2, 0) is 10.9 Å². The lowest BCUT2D eigenvalue weighted by molar-refractivity contribution is -0.137. The molecule has 0 saturated heterocycles. The van der Waals surface area contributed by atoms with Crippen molar-refractivity contribution in [3.63, 3.8) is 0 Å². The van der Waals surface area contributed by atoms with Crippen molar-refractivity contribution in [3.8, 4) is 22.3 Å². The number of hydrogen-bond donors (Lipinski definition) is 0. The number of aromatic nitrogens is 2. The number of alkyl halides is 3. The summed E-state index contributed by atoms with van der Waals surface area (Å²) in [6, 6.07) is 7.48. The molecule has 28 heavy (non-hydrogen) atoms. The van der Waals surface area contributed by atoms with Crippen molar-refractivity contribution in [1.82, 2.24) is 9.97 Å². The summed E-state index contributed by atoms with van der Waals surface area (Å²) in [7, 11) is 1.28. The van der Waals surface area contributed by atoms with E-state index in [0.717, 1.165) is 12.1 Å². The van der Waals surface area contributed by atoms with Gasteiger partial charge in [0.2, 0.25) is 0 Å². The van der Waals surface area contributed by atoms with E-state index in [1.165, 1.54) is 36.8 Å². The van der Waals surface area contributed by atoms with Gasteiger partial charge in [-0.05, 0) is 42.5 Å². The molecule has 0 aliphatic rings. The number of nitrogens with zero attached hydrogens (tertiary/aromatic N) is 2. The molecule has 0 unspecified atom stereocenters. The van der Waals surface area contributed by atoms with Crippen LogP contribution in [0, 0.1) is 0 Å². The lowest BCUT2D eigenvalue weighted by Crippen LogP contribution is -2.03. The number of esters is 1. The van der Waals surface area contributed by atoms with Crippen LogP contribution in [0.25, 0.3) is 17.5 Å². The zero-order valence-corrected chi connectivity index (χ0v) is 15.3. The summed E-state index contributed by atoms with van der Waals surface area (Å²) >= 11 is 1.17. The Labute approximate surface area is 162 Å². The summed E-state index contributed by atoms with van der Waals surface area (Å²) in [6.07, 6.45) is -1.47. The molecule has 144 valence electrons. The number of benzene rings is 1.